The molecule has 1 atom stereocenters. The zero-order valence-electron chi connectivity index (χ0n) is 15.2. The van der Waals surface area contributed by atoms with Crippen LogP contribution in [0, 0.1) is 6.92 Å². The summed E-state index contributed by atoms with van der Waals surface area (Å²) in [5, 5.41) is 5.50. The Morgan fingerprint density at radius 1 is 1.08 bits per heavy atom. The van der Waals surface area contributed by atoms with Gasteiger partial charge < -0.3 is 20.1 Å². The number of rotatable bonds is 8. The fraction of sp³-hybridized carbons (Fsp3) is 0.300. The lowest BCUT2D eigenvalue weighted by molar-refractivity contribution is -0.122. The normalized spacial score (nSPS) is 11.5. The van der Waals surface area contributed by atoms with Crippen molar-refractivity contribution >= 4 is 17.5 Å². The monoisotopic (exact) mass is 356 g/mol. The first-order valence-corrected chi connectivity index (χ1v) is 8.41. The minimum absolute atomic E-state index is 0.273. The maximum absolute atomic E-state index is 12.4. The van der Waals surface area contributed by atoms with E-state index in [1.165, 1.54) is 0 Å². The Bertz CT molecular complexity index is 744. The van der Waals surface area contributed by atoms with Crippen LogP contribution in [0.2, 0.25) is 0 Å². The first kappa shape index (κ1) is 19.5. The Morgan fingerprint density at radius 3 is 2.46 bits per heavy atom. The molecule has 26 heavy (non-hydrogen) atoms. The second-order valence-electron chi connectivity index (χ2n) is 5.86. The number of nitrogens with one attached hydrogen (secondary N) is 2. The van der Waals surface area contributed by atoms with Gasteiger partial charge in [-0.25, -0.2) is 0 Å². The summed E-state index contributed by atoms with van der Waals surface area (Å²) in [5.41, 5.74) is 1.94. The predicted molar refractivity (Wildman–Crippen MR) is 101 cm³/mol. The van der Waals surface area contributed by atoms with Crippen LogP contribution in [-0.4, -0.2) is 38.2 Å². The molecule has 6 heteroatoms. The lowest BCUT2D eigenvalue weighted by atomic mass is 10.1. The van der Waals surface area contributed by atoms with Gasteiger partial charge >= 0.3 is 0 Å². The largest absolute Gasteiger partial charge is 0.481 e. The van der Waals surface area contributed by atoms with Crippen molar-refractivity contribution < 1.29 is 19.1 Å². The van der Waals surface area contributed by atoms with Gasteiger partial charge in [-0.1, -0.05) is 29.8 Å². The molecule has 0 aliphatic carbocycles. The van der Waals surface area contributed by atoms with Crippen LogP contribution >= 0.6 is 0 Å². The molecule has 2 amide bonds. The molecule has 2 N–H and O–H groups in total. The molecule has 6 nitrogen and oxygen atoms in total. The van der Waals surface area contributed by atoms with Gasteiger partial charge in [0.15, 0.2) is 6.10 Å². The summed E-state index contributed by atoms with van der Waals surface area (Å²) in [4.78, 5) is 24.7. The van der Waals surface area contributed by atoms with E-state index in [0.29, 0.717) is 30.2 Å². The Hall–Kier alpha value is -2.86. The molecule has 0 heterocycles. The summed E-state index contributed by atoms with van der Waals surface area (Å²) in [6.45, 7) is 4.46. The number of benzene rings is 2. The van der Waals surface area contributed by atoms with Gasteiger partial charge in [0.25, 0.3) is 11.8 Å². The molecule has 138 valence electrons. The molecule has 2 rings (SSSR count). The maximum Gasteiger partial charge on any atom is 0.265 e. The fourth-order valence-electron chi connectivity index (χ4n) is 2.26. The Balaban J connectivity index is 2.01. The minimum atomic E-state index is -0.706. The molecule has 0 saturated carbocycles. The van der Waals surface area contributed by atoms with Gasteiger partial charge in [0.05, 0.1) is 17.9 Å². The van der Waals surface area contributed by atoms with Crippen molar-refractivity contribution in [2.45, 2.75) is 20.0 Å². The quantitative estimate of drug-likeness (QED) is 0.713. The third-order valence-corrected chi connectivity index (χ3v) is 3.72. The van der Waals surface area contributed by atoms with Gasteiger partial charge in [0.2, 0.25) is 0 Å². The summed E-state index contributed by atoms with van der Waals surface area (Å²) >= 11 is 0. The molecule has 0 unspecified atom stereocenters. The van der Waals surface area contributed by atoms with Crippen LogP contribution < -0.4 is 15.4 Å². The predicted octanol–water partition coefficient (Wildman–Crippen LogP) is 2.78. The standard InChI is InChI=1S/C20H24N2O4/c1-14-8-10-16(11-9-14)26-15(2)19(23)22-18-7-5-4-6-17(18)20(24)21-12-13-25-3/h4-11,15H,12-13H2,1-3H3,(H,21,24)(H,22,23)/t15-/m0/s1. The average Bonchev–Trinajstić information content (AvgIpc) is 2.64. The summed E-state index contributed by atoms with van der Waals surface area (Å²) in [7, 11) is 1.57. The number of para-hydroxylation sites is 1. The van der Waals surface area contributed by atoms with Gasteiger partial charge in [-0.15, -0.1) is 0 Å². The van der Waals surface area contributed by atoms with E-state index < -0.39 is 6.10 Å². The lowest BCUT2D eigenvalue weighted by Crippen LogP contribution is -2.32. The number of methoxy groups -OCH3 is 1. The molecule has 0 bridgehead atoms. The number of carbonyl (C=O) groups excluding carboxylic acids is 2. The molecule has 0 saturated heterocycles. The Morgan fingerprint density at radius 2 is 1.77 bits per heavy atom. The van der Waals surface area contributed by atoms with Crippen LogP contribution in [-0.2, 0) is 9.53 Å². The number of anilines is 1. The van der Waals surface area contributed by atoms with Gasteiger partial charge in [0, 0.05) is 13.7 Å². The summed E-state index contributed by atoms with van der Waals surface area (Å²) < 4.78 is 10.6. The highest BCUT2D eigenvalue weighted by Gasteiger charge is 2.18. The summed E-state index contributed by atoms with van der Waals surface area (Å²) in [5.74, 6) is 0.0108. The highest BCUT2D eigenvalue weighted by molar-refractivity contribution is 6.04. The second-order valence-corrected chi connectivity index (χ2v) is 5.86. The minimum Gasteiger partial charge on any atom is -0.481 e. The SMILES string of the molecule is COCCNC(=O)c1ccccc1NC(=O)[C@H](C)Oc1ccc(C)cc1. The van der Waals surface area contributed by atoms with Crippen LogP contribution in [0.4, 0.5) is 5.69 Å². The van der Waals surface area contributed by atoms with Gasteiger partial charge in [-0.2, -0.15) is 0 Å². The number of hydrogen-bond acceptors (Lipinski definition) is 4. The first-order chi connectivity index (χ1) is 12.5. The number of aryl methyl sites for hydroxylation is 1. The van der Waals surface area contributed by atoms with Crippen molar-refractivity contribution in [3.8, 4) is 5.75 Å². The van der Waals surface area contributed by atoms with Gasteiger partial charge in [-0.05, 0) is 38.1 Å². The third-order valence-electron chi connectivity index (χ3n) is 3.72. The second kappa shape index (κ2) is 9.58. The zero-order valence-corrected chi connectivity index (χ0v) is 15.2. The highest BCUT2D eigenvalue weighted by atomic mass is 16.5. The first-order valence-electron chi connectivity index (χ1n) is 8.41. The molecular weight excluding hydrogens is 332 g/mol. The number of amides is 2. The van der Waals surface area contributed by atoms with E-state index in [4.69, 9.17) is 9.47 Å². The summed E-state index contributed by atoms with van der Waals surface area (Å²) in [6.07, 6.45) is -0.706. The van der Waals surface area contributed by atoms with Crippen LogP contribution in [0.15, 0.2) is 48.5 Å². The van der Waals surface area contributed by atoms with Gasteiger partial charge in [-0.3, -0.25) is 9.59 Å². The Labute approximate surface area is 153 Å². The van der Waals surface area contributed by atoms with E-state index in [9.17, 15) is 9.59 Å². The molecule has 2 aromatic rings. The fourth-order valence-corrected chi connectivity index (χ4v) is 2.26. The Kier molecular flexibility index (Phi) is 7.17. The van der Waals surface area contributed by atoms with E-state index in [-0.39, 0.29) is 11.8 Å². The van der Waals surface area contributed by atoms with Crippen molar-refractivity contribution in [1.29, 1.82) is 0 Å². The molecule has 0 aromatic heterocycles. The highest BCUT2D eigenvalue weighted by Crippen LogP contribution is 2.17. The molecule has 0 aliphatic heterocycles. The maximum atomic E-state index is 12.4. The van der Waals surface area contributed by atoms with Crippen molar-refractivity contribution in [3.63, 3.8) is 0 Å². The van der Waals surface area contributed by atoms with Crippen molar-refractivity contribution in [2.75, 3.05) is 25.6 Å². The van der Waals surface area contributed by atoms with E-state index in [1.54, 1.807) is 38.3 Å². The van der Waals surface area contributed by atoms with E-state index >= 15 is 0 Å². The number of hydrogen-bond donors (Lipinski definition) is 2. The molecule has 0 spiro atoms. The molecule has 0 fully saturated rings. The zero-order chi connectivity index (χ0) is 18.9. The van der Waals surface area contributed by atoms with Crippen LogP contribution in [0.3, 0.4) is 0 Å². The molecular formula is C20H24N2O4. The van der Waals surface area contributed by atoms with Crippen molar-refractivity contribution in [3.05, 3.63) is 59.7 Å². The summed E-state index contributed by atoms with van der Waals surface area (Å²) in [6, 6.07) is 14.3. The van der Waals surface area contributed by atoms with Gasteiger partial charge in [0.1, 0.15) is 5.75 Å². The smallest absolute Gasteiger partial charge is 0.265 e. The van der Waals surface area contributed by atoms with Crippen LogP contribution in [0.25, 0.3) is 0 Å². The average molecular weight is 356 g/mol. The number of ether oxygens (including phenoxy) is 2. The van der Waals surface area contributed by atoms with E-state index in [2.05, 4.69) is 10.6 Å². The third kappa shape index (κ3) is 5.60. The number of carbonyl (C=O) groups is 2. The van der Waals surface area contributed by atoms with Crippen LogP contribution in [0.1, 0.15) is 22.8 Å². The van der Waals surface area contributed by atoms with Crippen LogP contribution in [0.5, 0.6) is 5.75 Å². The topological polar surface area (TPSA) is 76.7 Å². The molecule has 2 aromatic carbocycles. The van der Waals surface area contributed by atoms with E-state index in [0.717, 1.165) is 5.56 Å². The van der Waals surface area contributed by atoms with E-state index in [1.807, 2.05) is 31.2 Å². The molecule has 0 aliphatic rings. The van der Waals surface area contributed by atoms with Crippen molar-refractivity contribution in [1.82, 2.24) is 5.32 Å². The lowest BCUT2D eigenvalue weighted by Gasteiger charge is -2.16. The molecule has 0 radical (unpaired) electrons. The van der Waals surface area contributed by atoms with Crippen molar-refractivity contribution in [2.24, 2.45) is 0 Å².